The highest BCUT2D eigenvalue weighted by molar-refractivity contribution is 5.90. The van der Waals surface area contributed by atoms with Gasteiger partial charge in [-0.15, -0.1) is 0 Å². The Morgan fingerprint density at radius 3 is 2.59 bits per heavy atom. The minimum absolute atomic E-state index is 0.0231. The lowest BCUT2D eigenvalue weighted by atomic mass is 9.86. The molecule has 2 aromatic heterocycles. The van der Waals surface area contributed by atoms with E-state index >= 15 is 0 Å². The number of esters is 1. The molecule has 194 valence electrons. The zero-order chi connectivity index (χ0) is 26.2. The van der Waals surface area contributed by atoms with Gasteiger partial charge in [-0.25, -0.2) is 14.2 Å². The SMILES string of the molecule is CC[C@@]1(O)C(=O)OCc2c1cc1n(c2=O)Cc2c-1nc1cc(F)c(C)cc1c2[C@@H](C)N1CCN(C)CC1. The van der Waals surface area contributed by atoms with E-state index in [0.717, 1.165) is 42.7 Å². The molecule has 0 aliphatic carbocycles. The van der Waals surface area contributed by atoms with Crippen LogP contribution in [0, 0.1) is 12.7 Å². The molecule has 3 aliphatic heterocycles. The van der Waals surface area contributed by atoms with Gasteiger partial charge in [0.05, 0.1) is 29.0 Å². The van der Waals surface area contributed by atoms with E-state index in [4.69, 9.17) is 9.72 Å². The van der Waals surface area contributed by atoms with Gasteiger partial charge in [0.25, 0.3) is 5.56 Å². The van der Waals surface area contributed by atoms with Crippen LogP contribution in [-0.2, 0) is 28.3 Å². The van der Waals surface area contributed by atoms with Crippen LogP contribution in [0.4, 0.5) is 4.39 Å². The number of likely N-dealkylation sites (N-methyl/N-ethyl adjacent to an activating group) is 1. The molecule has 3 aliphatic rings. The van der Waals surface area contributed by atoms with Crippen molar-refractivity contribution in [2.24, 2.45) is 0 Å². The second kappa shape index (κ2) is 8.44. The number of pyridine rings is 2. The first kappa shape index (κ1) is 24.2. The third-order valence-electron chi connectivity index (χ3n) is 8.52. The zero-order valence-corrected chi connectivity index (χ0v) is 21.6. The van der Waals surface area contributed by atoms with Crippen LogP contribution in [0.5, 0.6) is 0 Å². The topological polar surface area (TPSA) is 87.9 Å². The number of benzene rings is 1. The molecular formula is C28H31FN4O4. The highest BCUT2D eigenvalue weighted by atomic mass is 19.1. The van der Waals surface area contributed by atoms with Crippen LogP contribution in [0.25, 0.3) is 22.3 Å². The number of hydrogen-bond donors (Lipinski definition) is 1. The number of aliphatic hydroxyl groups is 1. The van der Waals surface area contributed by atoms with Crippen molar-refractivity contribution in [3.05, 3.63) is 62.2 Å². The molecule has 1 N–H and O–H groups in total. The summed E-state index contributed by atoms with van der Waals surface area (Å²) >= 11 is 0. The van der Waals surface area contributed by atoms with Crippen LogP contribution in [0.2, 0.25) is 0 Å². The number of carbonyl (C=O) groups excluding carboxylic acids is 1. The third-order valence-corrected chi connectivity index (χ3v) is 8.52. The largest absolute Gasteiger partial charge is 0.458 e. The van der Waals surface area contributed by atoms with E-state index in [1.807, 2.05) is 6.07 Å². The lowest BCUT2D eigenvalue weighted by Crippen LogP contribution is -2.45. The summed E-state index contributed by atoms with van der Waals surface area (Å²) in [5, 5.41) is 12.1. The van der Waals surface area contributed by atoms with Crippen molar-refractivity contribution in [3.8, 4) is 11.4 Å². The van der Waals surface area contributed by atoms with Crippen molar-refractivity contribution < 1.29 is 19.0 Å². The minimum atomic E-state index is -1.89. The molecule has 1 aromatic carbocycles. The number of fused-ring (bicyclic) bond motifs is 5. The van der Waals surface area contributed by atoms with Gasteiger partial charge in [-0.1, -0.05) is 6.92 Å². The molecule has 5 heterocycles. The number of rotatable bonds is 3. The van der Waals surface area contributed by atoms with E-state index in [9.17, 15) is 19.1 Å². The predicted octanol–water partition coefficient (Wildman–Crippen LogP) is 2.84. The molecule has 1 fully saturated rings. The molecule has 0 unspecified atom stereocenters. The number of hydrogen-bond acceptors (Lipinski definition) is 7. The Kier molecular flexibility index (Phi) is 5.52. The number of cyclic esters (lactones) is 1. The van der Waals surface area contributed by atoms with Crippen LogP contribution in [-0.4, -0.2) is 63.7 Å². The number of aromatic nitrogens is 2. The Hall–Kier alpha value is -3.14. The maximum atomic E-state index is 14.7. The average Bonchev–Trinajstić information content (AvgIpc) is 3.24. The second-order valence-electron chi connectivity index (χ2n) is 10.6. The second-order valence-corrected chi connectivity index (χ2v) is 10.6. The number of halogens is 1. The Morgan fingerprint density at radius 2 is 1.89 bits per heavy atom. The number of ether oxygens (including phenoxy) is 1. The van der Waals surface area contributed by atoms with E-state index in [-0.39, 0.29) is 36.0 Å². The van der Waals surface area contributed by atoms with E-state index in [1.165, 1.54) is 6.07 Å². The molecule has 0 spiro atoms. The van der Waals surface area contributed by atoms with E-state index in [1.54, 1.807) is 24.5 Å². The van der Waals surface area contributed by atoms with Crippen molar-refractivity contribution in [1.82, 2.24) is 19.4 Å². The van der Waals surface area contributed by atoms with E-state index in [2.05, 4.69) is 23.8 Å². The van der Waals surface area contributed by atoms with E-state index in [0.29, 0.717) is 34.6 Å². The molecule has 1 saturated heterocycles. The van der Waals surface area contributed by atoms with Crippen molar-refractivity contribution in [3.63, 3.8) is 0 Å². The fourth-order valence-electron chi connectivity index (χ4n) is 6.11. The van der Waals surface area contributed by atoms with Crippen LogP contribution < -0.4 is 5.56 Å². The first-order valence-corrected chi connectivity index (χ1v) is 12.9. The summed E-state index contributed by atoms with van der Waals surface area (Å²) in [6.45, 7) is 9.47. The maximum absolute atomic E-state index is 14.7. The Balaban J connectivity index is 1.60. The summed E-state index contributed by atoms with van der Waals surface area (Å²) in [6, 6.07) is 5.05. The van der Waals surface area contributed by atoms with Gasteiger partial charge < -0.3 is 19.3 Å². The van der Waals surface area contributed by atoms with Crippen molar-refractivity contribution in [1.29, 1.82) is 0 Å². The summed E-state index contributed by atoms with van der Waals surface area (Å²) in [6.07, 6.45) is 0.0793. The molecule has 0 radical (unpaired) electrons. The molecule has 0 amide bonds. The van der Waals surface area contributed by atoms with Gasteiger partial charge in [0, 0.05) is 54.8 Å². The molecule has 3 aromatic rings. The van der Waals surface area contributed by atoms with Crippen LogP contribution >= 0.6 is 0 Å². The first-order valence-electron chi connectivity index (χ1n) is 12.9. The Labute approximate surface area is 214 Å². The van der Waals surface area contributed by atoms with Crippen molar-refractivity contribution >= 4 is 16.9 Å². The summed E-state index contributed by atoms with van der Waals surface area (Å²) in [7, 11) is 2.12. The quantitative estimate of drug-likeness (QED) is 0.428. The predicted molar refractivity (Wildman–Crippen MR) is 137 cm³/mol. The lowest BCUT2D eigenvalue weighted by Gasteiger charge is -2.37. The van der Waals surface area contributed by atoms with Crippen LogP contribution in [0.1, 0.15) is 54.1 Å². The summed E-state index contributed by atoms with van der Waals surface area (Å²) in [4.78, 5) is 35.7. The number of aryl methyl sites for hydroxylation is 1. The molecule has 37 heavy (non-hydrogen) atoms. The monoisotopic (exact) mass is 506 g/mol. The van der Waals surface area contributed by atoms with Crippen molar-refractivity contribution in [2.75, 3.05) is 33.2 Å². The van der Waals surface area contributed by atoms with Gasteiger partial charge in [0.2, 0.25) is 0 Å². The standard InChI is InChI=1S/C28H31FN4O4/c1-5-28(36)20-11-23-25-18(13-33(23)26(34)19(20)14-37-27(28)35)24(16(3)32-8-6-31(4)7-9-32)17-10-15(2)21(29)12-22(17)30-25/h10-12,16,36H,5-9,13-14H2,1-4H3/t16-,28+/m1/s1. The number of carbonyl (C=O) groups is 1. The minimum Gasteiger partial charge on any atom is -0.458 e. The molecule has 0 bridgehead atoms. The zero-order valence-electron chi connectivity index (χ0n) is 21.6. The summed E-state index contributed by atoms with van der Waals surface area (Å²) in [5.41, 5.74) is 2.58. The van der Waals surface area contributed by atoms with Gasteiger partial charge in [-0.3, -0.25) is 9.69 Å². The van der Waals surface area contributed by atoms with Crippen LogP contribution in [0.15, 0.2) is 23.0 Å². The Bertz CT molecular complexity index is 1530. The van der Waals surface area contributed by atoms with Crippen molar-refractivity contribution in [2.45, 2.75) is 52.0 Å². The fourth-order valence-corrected chi connectivity index (χ4v) is 6.11. The molecule has 0 saturated carbocycles. The molecule has 2 atom stereocenters. The first-order chi connectivity index (χ1) is 17.6. The van der Waals surface area contributed by atoms with Gasteiger partial charge in [0.1, 0.15) is 12.4 Å². The van der Waals surface area contributed by atoms with E-state index < -0.39 is 11.6 Å². The molecule has 9 heteroatoms. The summed E-state index contributed by atoms with van der Waals surface area (Å²) < 4.78 is 21.6. The highest BCUT2D eigenvalue weighted by Gasteiger charge is 2.45. The summed E-state index contributed by atoms with van der Waals surface area (Å²) in [5.74, 6) is -1.08. The van der Waals surface area contributed by atoms with Gasteiger partial charge >= 0.3 is 5.97 Å². The normalized spacial score (nSPS) is 22.5. The van der Waals surface area contributed by atoms with Crippen LogP contribution in [0.3, 0.4) is 0 Å². The third kappa shape index (κ3) is 3.48. The smallest absolute Gasteiger partial charge is 0.343 e. The highest BCUT2D eigenvalue weighted by Crippen LogP contribution is 2.43. The average molecular weight is 507 g/mol. The molecule has 8 nitrogen and oxygen atoms in total. The number of piperazine rings is 1. The Morgan fingerprint density at radius 1 is 1.16 bits per heavy atom. The molecular weight excluding hydrogens is 475 g/mol. The van der Waals surface area contributed by atoms with Gasteiger partial charge in [0.15, 0.2) is 5.60 Å². The lowest BCUT2D eigenvalue weighted by molar-refractivity contribution is -0.172. The molecule has 6 rings (SSSR count). The number of nitrogens with zero attached hydrogens (tertiary/aromatic N) is 4. The van der Waals surface area contributed by atoms with Gasteiger partial charge in [-0.05, 0) is 50.6 Å². The fraction of sp³-hybridized carbons (Fsp3) is 0.464. The maximum Gasteiger partial charge on any atom is 0.343 e. The van der Waals surface area contributed by atoms with Gasteiger partial charge in [-0.2, -0.15) is 0 Å².